The topological polar surface area (TPSA) is 25.8 Å². The molecule has 0 saturated carbocycles. The summed E-state index contributed by atoms with van der Waals surface area (Å²) < 4.78 is 13.3. The molecule has 0 aliphatic rings. The molecule has 2 nitrogen and oxygen atoms in total. The molecule has 5 heteroatoms. The molecule has 2 heterocycles. The third kappa shape index (κ3) is 1.63. The largest absolute Gasteiger partial charge is 0.244 e. The van der Waals surface area contributed by atoms with Crippen molar-refractivity contribution >= 4 is 44.9 Å². The van der Waals surface area contributed by atoms with Crippen molar-refractivity contribution in [3.63, 3.8) is 0 Å². The zero-order chi connectivity index (χ0) is 12.0. The minimum Gasteiger partial charge on any atom is -0.244 e. The van der Waals surface area contributed by atoms with Gasteiger partial charge in [0.2, 0.25) is 0 Å². The molecule has 3 rings (SSSR count). The number of hydrogen-bond acceptors (Lipinski definition) is 2. The first-order chi connectivity index (χ1) is 8.16. The summed E-state index contributed by atoms with van der Waals surface area (Å²) in [5.41, 5.74) is 0.605. The minimum atomic E-state index is -0.346. The Morgan fingerprint density at radius 3 is 2.65 bits per heavy atom. The molecule has 0 fully saturated rings. The van der Waals surface area contributed by atoms with E-state index in [1.165, 1.54) is 12.1 Å². The molecule has 0 bridgehead atoms. The standard InChI is InChI=1S/C12H5Cl2FN2/c13-11-7-2-1-6(15)5-8(7)10-9(17-11)3-4-16-12(10)14/h1-5H. The lowest BCUT2D eigenvalue weighted by atomic mass is 10.1. The Hall–Kier alpha value is -1.45. The van der Waals surface area contributed by atoms with Gasteiger partial charge in [0.1, 0.15) is 16.1 Å². The summed E-state index contributed by atoms with van der Waals surface area (Å²) in [6.45, 7) is 0. The number of fused-ring (bicyclic) bond motifs is 3. The van der Waals surface area contributed by atoms with Crippen LogP contribution < -0.4 is 0 Å². The van der Waals surface area contributed by atoms with Crippen molar-refractivity contribution < 1.29 is 4.39 Å². The van der Waals surface area contributed by atoms with E-state index in [1.807, 2.05) is 0 Å². The second kappa shape index (κ2) is 3.79. The van der Waals surface area contributed by atoms with E-state index in [9.17, 15) is 4.39 Å². The van der Waals surface area contributed by atoms with E-state index in [1.54, 1.807) is 18.3 Å². The smallest absolute Gasteiger partial charge is 0.139 e. The Kier molecular flexibility index (Phi) is 2.38. The van der Waals surface area contributed by atoms with Crippen molar-refractivity contribution in [2.45, 2.75) is 0 Å². The van der Waals surface area contributed by atoms with Gasteiger partial charge in [0.15, 0.2) is 0 Å². The van der Waals surface area contributed by atoms with Crippen molar-refractivity contribution in [3.8, 4) is 0 Å². The maximum Gasteiger partial charge on any atom is 0.139 e. The highest BCUT2D eigenvalue weighted by Crippen LogP contribution is 2.32. The van der Waals surface area contributed by atoms with Crippen LogP contribution in [-0.4, -0.2) is 9.97 Å². The van der Waals surface area contributed by atoms with E-state index in [0.717, 1.165) is 0 Å². The lowest BCUT2D eigenvalue weighted by Crippen LogP contribution is -1.88. The van der Waals surface area contributed by atoms with E-state index < -0.39 is 0 Å². The highest BCUT2D eigenvalue weighted by molar-refractivity contribution is 6.39. The van der Waals surface area contributed by atoms with Crippen LogP contribution in [0.25, 0.3) is 21.7 Å². The van der Waals surface area contributed by atoms with Crippen LogP contribution in [0.1, 0.15) is 0 Å². The maximum absolute atomic E-state index is 13.3. The second-order valence-corrected chi connectivity index (χ2v) is 4.30. The first-order valence-corrected chi connectivity index (χ1v) is 5.61. The van der Waals surface area contributed by atoms with Crippen LogP contribution >= 0.6 is 23.2 Å². The fourth-order valence-corrected chi connectivity index (χ4v) is 2.35. The molecule has 1 aromatic carbocycles. The van der Waals surface area contributed by atoms with Crippen molar-refractivity contribution in [2.75, 3.05) is 0 Å². The van der Waals surface area contributed by atoms with Gasteiger partial charge < -0.3 is 0 Å². The van der Waals surface area contributed by atoms with Gasteiger partial charge in [-0.1, -0.05) is 23.2 Å². The van der Waals surface area contributed by atoms with Gasteiger partial charge in [-0.25, -0.2) is 14.4 Å². The predicted molar refractivity (Wildman–Crippen MR) is 67.0 cm³/mol. The summed E-state index contributed by atoms with van der Waals surface area (Å²) in [6, 6.07) is 6.00. The molecule has 0 unspecified atom stereocenters. The Morgan fingerprint density at radius 2 is 1.82 bits per heavy atom. The number of nitrogens with zero attached hydrogens (tertiary/aromatic N) is 2. The third-order valence-corrected chi connectivity index (χ3v) is 3.15. The fourth-order valence-electron chi connectivity index (χ4n) is 1.84. The van der Waals surface area contributed by atoms with E-state index in [0.29, 0.717) is 32.0 Å². The summed E-state index contributed by atoms with van der Waals surface area (Å²) in [4.78, 5) is 8.19. The Balaban J connectivity index is 2.65. The molecule has 0 atom stereocenters. The quantitative estimate of drug-likeness (QED) is 0.450. The molecule has 84 valence electrons. The Bertz CT molecular complexity index is 743. The number of benzene rings is 1. The zero-order valence-electron chi connectivity index (χ0n) is 8.42. The van der Waals surface area contributed by atoms with Gasteiger partial charge in [-0.3, -0.25) is 0 Å². The number of pyridine rings is 2. The van der Waals surface area contributed by atoms with Crippen molar-refractivity contribution in [2.24, 2.45) is 0 Å². The highest BCUT2D eigenvalue weighted by atomic mass is 35.5. The minimum absolute atomic E-state index is 0.294. The molecule has 0 saturated heterocycles. The van der Waals surface area contributed by atoms with Crippen molar-refractivity contribution in [3.05, 3.63) is 46.6 Å². The zero-order valence-corrected chi connectivity index (χ0v) is 9.93. The van der Waals surface area contributed by atoms with Crippen molar-refractivity contribution in [1.29, 1.82) is 0 Å². The van der Waals surface area contributed by atoms with Gasteiger partial charge >= 0.3 is 0 Å². The molecule has 0 aliphatic carbocycles. The van der Waals surface area contributed by atoms with Crippen LogP contribution in [-0.2, 0) is 0 Å². The summed E-state index contributed by atoms with van der Waals surface area (Å²) in [7, 11) is 0. The van der Waals surface area contributed by atoms with Crippen LogP contribution in [0.5, 0.6) is 0 Å². The van der Waals surface area contributed by atoms with E-state index in [2.05, 4.69) is 9.97 Å². The van der Waals surface area contributed by atoms with Gasteiger partial charge in [0.05, 0.1) is 5.52 Å². The number of aromatic nitrogens is 2. The first kappa shape index (κ1) is 10.7. The molecular formula is C12H5Cl2FN2. The van der Waals surface area contributed by atoms with Crippen LogP contribution in [0.4, 0.5) is 4.39 Å². The number of rotatable bonds is 0. The fraction of sp³-hybridized carbons (Fsp3) is 0. The lowest BCUT2D eigenvalue weighted by Gasteiger charge is -2.06. The molecule has 0 amide bonds. The van der Waals surface area contributed by atoms with Gasteiger partial charge in [0, 0.05) is 22.4 Å². The second-order valence-electron chi connectivity index (χ2n) is 3.59. The molecule has 0 radical (unpaired) electrons. The Morgan fingerprint density at radius 1 is 1.00 bits per heavy atom. The molecule has 17 heavy (non-hydrogen) atoms. The van der Waals surface area contributed by atoms with Crippen molar-refractivity contribution in [1.82, 2.24) is 9.97 Å². The molecule has 0 N–H and O–H groups in total. The molecule has 3 aromatic rings. The number of hydrogen-bond donors (Lipinski definition) is 0. The van der Waals surface area contributed by atoms with Gasteiger partial charge in [-0.2, -0.15) is 0 Å². The molecular weight excluding hydrogens is 262 g/mol. The first-order valence-electron chi connectivity index (χ1n) is 4.86. The highest BCUT2D eigenvalue weighted by Gasteiger charge is 2.10. The average Bonchev–Trinajstić information content (AvgIpc) is 2.28. The molecule has 0 spiro atoms. The summed E-state index contributed by atoms with van der Waals surface area (Å²) in [5.74, 6) is -0.346. The molecule has 0 aliphatic heterocycles. The van der Waals surface area contributed by atoms with Gasteiger partial charge in [-0.05, 0) is 24.3 Å². The van der Waals surface area contributed by atoms with Crippen LogP contribution in [0.3, 0.4) is 0 Å². The summed E-state index contributed by atoms with van der Waals surface area (Å²) >= 11 is 12.1. The maximum atomic E-state index is 13.3. The van der Waals surface area contributed by atoms with Gasteiger partial charge in [-0.15, -0.1) is 0 Å². The Labute approximate surface area is 106 Å². The van der Waals surface area contributed by atoms with Crippen LogP contribution in [0.15, 0.2) is 30.5 Å². The van der Waals surface area contributed by atoms with Crippen LogP contribution in [0, 0.1) is 5.82 Å². The van der Waals surface area contributed by atoms with E-state index in [-0.39, 0.29) is 5.82 Å². The SMILES string of the molecule is Fc1ccc2c(Cl)nc3ccnc(Cl)c3c2c1. The van der Waals surface area contributed by atoms with E-state index in [4.69, 9.17) is 23.2 Å². The average molecular weight is 267 g/mol. The predicted octanol–water partition coefficient (Wildman–Crippen LogP) is 4.23. The summed E-state index contributed by atoms with van der Waals surface area (Å²) in [5, 5.41) is 2.53. The van der Waals surface area contributed by atoms with Crippen LogP contribution in [0.2, 0.25) is 10.3 Å². The molecule has 2 aromatic heterocycles. The van der Waals surface area contributed by atoms with Gasteiger partial charge in [0.25, 0.3) is 0 Å². The summed E-state index contributed by atoms with van der Waals surface area (Å²) in [6.07, 6.45) is 1.54. The van der Waals surface area contributed by atoms with E-state index >= 15 is 0 Å². The normalized spacial score (nSPS) is 11.2. The lowest BCUT2D eigenvalue weighted by molar-refractivity contribution is 0.630. The third-order valence-electron chi connectivity index (χ3n) is 2.57. The monoisotopic (exact) mass is 266 g/mol. The number of halogens is 3.